The van der Waals surface area contributed by atoms with Crippen molar-refractivity contribution in [2.75, 3.05) is 5.73 Å². The van der Waals surface area contributed by atoms with E-state index in [0.717, 1.165) is 12.8 Å². The minimum Gasteiger partial charge on any atom is -0.382 e. The number of aromatic amines is 1. The predicted molar refractivity (Wildman–Crippen MR) is 75.7 cm³/mol. The number of nitrogens with two attached hydrogens (primary N) is 1. The minimum absolute atomic E-state index is 0.413. The fraction of sp³-hybridized carbons (Fsp3) is 0.400. The van der Waals surface area contributed by atoms with E-state index in [4.69, 9.17) is 5.73 Å². The largest absolute Gasteiger partial charge is 0.382 e. The van der Waals surface area contributed by atoms with E-state index in [-0.39, 0.29) is 0 Å². The SMILES string of the molecule is Cc1cccc(CCc2[nH]nc(N)c2C(C)C)c1. The monoisotopic (exact) mass is 243 g/mol. The zero-order chi connectivity index (χ0) is 13.1. The number of aromatic nitrogens is 2. The van der Waals surface area contributed by atoms with Crippen LogP contribution in [0.3, 0.4) is 0 Å². The molecule has 1 aromatic heterocycles. The summed E-state index contributed by atoms with van der Waals surface area (Å²) >= 11 is 0. The van der Waals surface area contributed by atoms with Crippen molar-refractivity contribution in [1.82, 2.24) is 10.2 Å². The number of hydrogen-bond acceptors (Lipinski definition) is 2. The number of nitrogens with one attached hydrogen (secondary N) is 1. The van der Waals surface area contributed by atoms with E-state index in [2.05, 4.69) is 55.2 Å². The highest BCUT2D eigenvalue weighted by Gasteiger charge is 2.13. The van der Waals surface area contributed by atoms with Gasteiger partial charge in [-0.2, -0.15) is 5.10 Å². The highest BCUT2D eigenvalue weighted by Crippen LogP contribution is 2.24. The van der Waals surface area contributed by atoms with Crippen LogP contribution in [0.5, 0.6) is 0 Å². The number of benzene rings is 1. The van der Waals surface area contributed by atoms with Gasteiger partial charge in [0.05, 0.1) is 0 Å². The van der Waals surface area contributed by atoms with Crippen molar-refractivity contribution in [1.29, 1.82) is 0 Å². The molecule has 1 aromatic carbocycles. The predicted octanol–water partition coefficient (Wildman–Crippen LogP) is 3.21. The molecule has 0 saturated heterocycles. The molecular weight excluding hydrogens is 222 g/mol. The number of aryl methyl sites for hydroxylation is 3. The van der Waals surface area contributed by atoms with E-state index in [1.54, 1.807) is 0 Å². The van der Waals surface area contributed by atoms with Gasteiger partial charge >= 0.3 is 0 Å². The third-order valence-electron chi connectivity index (χ3n) is 3.24. The lowest BCUT2D eigenvalue weighted by Gasteiger charge is -2.07. The molecule has 2 aromatic rings. The Morgan fingerprint density at radius 2 is 2.06 bits per heavy atom. The Bertz CT molecular complexity index is 526. The van der Waals surface area contributed by atoms with Gasteiger partial charge in [-0.25, -0.2) is 0 Å². The first-order valence-electron chi connectivity index (χ1n) is 6.46. The summed E-state index contributed by atoms with van der Waals surface area (Å²) in [5.41, 5.74) is 10.9. The summed E-state index contributed by atoms with van der Waals surface area (Å²) < 4.78 is 0. The van der Waals surface area contributed by atoms with E-state index >= 15 is 0 Å². The molecule has 3 heteroatoms. The van der Waals surface area contributed by atoms with Gasteiger partial charge < -0.3 is 5.73 Å². The number of hydrogen-bond donors (Lipinski definition) is 2. The van der Waals surface area contributed by atoms with E-state index in [1.807, 2.05) is 0 Å². The van der Waals surface area contributed by atoms with E-state index in [1.165, 1.54) is 22.4 Å². The van der Waals surface area contributed by atoms with Gasteiger partial charge in [-0.3, -0.25) is 5.10 Å². The molecule has 18 heavy (non-hydrogen) atoms. The summed E-state index contributed by atoms with van der Waals surface area (Å²) in [5, 5.41) is 7.19. The van der Waals surface area contributed by atoms with Crippen molar-refractivity contribution in [2.45, 2.75) is 39.5 Å². The summed E-state index contributed by atoms with van der Waals surface area (Å²) in [7, 11) is 0. The molecule has 0 bridgehead atoms. The van der Waals surface area contributed by atoms with Gasteiger partial charge in [-0.05, 0) is 31.2 Å². The lowest BCUT2D eigenvalue weighted by Crippen LogP contribution is -2.00. The quantitative estimate of drug-likeness (QED) is 0.866. The summed E-state index contributed by atoms with van der Waals surface area (Å²) in [6.07, 6.45) is 1.98. The summed E-state index contributed by atoms with van der Waals surface area (Å²) in [6, 6.07) is 8.63. The summed E-state index contributed by atoms with van der Waals surface area (Å²) in [5.74, 6) is 1.06. The number of rotatable bonds is 4. The summed E-state index contributed by atoms with van der Waals surface area (Å²) in [4.78, 5) is 0. The molecule has 0 aliphatic carbocycles. The van der Waals surface area contributed by atoms with Crippen LogP contribution in [-0.2, 0) is 12.8 Å². The molecule has 3 nitrogen and oxygen atoms in total. The number of nitrogen functional groups attached to an aromatic ring is 1. The average Bonchev–Trinajstić information content (AvgIpc) is 2.68. The molecule has 1 heterocycles. The molecule has 0 aliphatic heterocycles. The first-order chi connectivity index (χ1) is 8.58. The maximum absolute atomic E-state index is 5.89. The van der Waals surface area contributed by atoms with Gasteiger partial charge in [0.2, 0.25) is 0 Å². The van der Waals surface area contributed by atoms with Crippen LogP contribution in [0, 0.1) is 6.92 Å². The molecule has 0 saturated carbocycles. The van der Waals surface area contributed by atoms with Gasteiger partial charge in [0.25, 0.3) is 0 Å². The molecular formula is C15H21N3. The van der Waals surface area contributed by atoms with Gasteiger partial charge in [0.1, 0.15) is 5.82 Å². The molecule has 2 rings (SSSR count). The number of nitrogens with zero attached hydrogens (tertiary/aromatic N) is 1. The second kappa shape index (κ2) is 5.25. The number of anilines is 1. The Morgan fingerprint density at radius 3 is 2.72 bits per heavy atom. The van der Waals surface area contributed by atoms with E-state index < -0.39 is 0 Å². The fourth-order valence-corrected chi connectivity index (χ4v) is 2.37. The minimum atomic E-state index is 0.413. The van der Waals surface area contributed by atoms with Gasteiger partial charge in [0.15, 0.2) is 0 Å². The van der Waals surface area contributed by atoms with Gasteiger partial charge in [-0.1, -0.05) is 43.7 Å². The Hall–Kier alpha value is -1.77. The van der Waals surface area contributed by atoms with Crippen LogP contribution < -0.4 is 5.73 Å². The molecule has 0 spiro atoms. The van der Waals surface area contributed by atoms with Crippen molar-refractivity contribution in [2.24, 2.45) is 0 Å². The van der Waals surface area contributed by atoms with Crippen LogP contribution in [0.1, 0.15) is 42.1 Å². The molecule has 0 fully saturated rings. The molecule has 0 atom stereocenters. The second-order valence-corrected chi connectivity index (χ2v) is 5.14. The molecule has 3 N–H and O–H groups in total. The van der Waals surface area contributed by atoms with E-state index in [9.17, 15) is 0 Å². The van der Waals surface area contributed by atoms with Crippen molar-refractivity contribution in [3.8, 4) is 0 Å². The zero-order valence-corrected chi connectivity index (χ0v) is 11.3. The molecule has 0 radical (unpaired) electrons. The Kier molecular flexibility index (Phi) is 3.70. The van der Waals surface area contributed by atoms with Crippen LogP contribution in [0.25, 0.3) is 0 Å². The maximum Gasteiger partial charge on any atom is 0.148 e. The Balaban J connectivity index is 2.11. The van der Waals surface area contributed by atoms with E-state index in [0.29, 0.717) is 11.7 Å². The highest BCUT2D eigenvalue weighted by molar-refractivity contribution is 5.44. The zero-order valence-electron chi connectivity index (χ0n) is 11.3. The van der Waals surface area contributed by atoms with Crippen molar-refractivity contribution in [3.63, 3.8) is 0 Å². The Labute approximate surface area is 108 Å². The van der Waals surface area contributed by atoms with Crippen LogP contribution in [0.15, 0.2) is 24.3 Å². The van der Waals surface area contributed by atoms with Crippen molar-refractivity contribution in [3.05, 3.63) is 46.6 Å². The molecule has 0 unspecified atom stereocenters. The molecule has 0 aliphatic rings. The third-order valence-corrected chi connectivity index (χ3v) is 3.24. The fourth-order valence-electron chi connectivity index (χ4n) is 2.37. The first-order valence-corrected chi connectivity index (χ1v) is 6.46. The lowest BCUT2D eigenvalue weighted by atomic mass is 9.98. The van der Waals surface area contributed by atoms with Crippen molar-refractivity contribution < 1.29 is 0 Å². The van der Waals surface area contributed by atoms with Crippen molar-refractivity contribution >= 4 is 5.82 Å². The van der Waals surface area contributed by atoms with Crippen LogP contribution in [0.2, 0.25) is 0 Å². The third kappa shape index (κ3) is 2.73. The summed E-state index contributed by atoms with van der Waals surface area (Å²) in [6.45, 7) is 6.42. The van der Waals surface area contributed by atoms with Crippen LogP contribution in [-0.4, -0.2) is 10.2 Å². The second-order valence-electron chi connectivity index (χ2n) is 5.14. The standard InChI is InChI=1S/C15H21N3/c1-10(2)14-13(17-18-15(14)16)8-7-12-6-4-5-11(3)9-12/h4-6,9-10H,7-8H2,1-3H3,(H3,16,17,18). The normalized spacial score (nSPS) is 11.1. The lowest BCUT2D eigenvalue weighted by molar-refractivity contribution is 0.819. The first kappa shape index (κ1) is 12.7. The van der Waals surface area contributed by atoms with Crippen LogP contribution in [0.4, 0.5) is 5.82 Å². The molecule has 0 amide bonds. The smallest absolute Gasteiger partial charge is 0.148 e. The molecule has 96 valence electrons. The van der Waals surface area contributed by atoms with Gasteiger partial charge in [-0.15, -0.1) is 0 Å². The number of H-pyrrole nitrogens is 1. The van der Waals surface area contributed by atoms with Crippen LogP contribution >= 0.6 is 0 Å². The van der Waals surface area contributed by atoms with Gasteiger partial charge in [0, 0.05) is 11.3 Å². The Morgan fingerprint density at radius 1 is 1.28 bits per heavy atom. The topological polar surface area (TPSA) is 54.7 Å². The maximum atomic E-state index is 5.89. The average molecular weight is 243 g/mol. The highest BCUT2D eigenvalue weighted by atomic mass is 15.2.